The molecule has 0 fully saturated rings. The van der Waals surface area contributed by atoms with Crippen LogP contribution >= 0.6 is 0 Å². The Labute approximate surface area is 291 Å². The number of amides is 7. The van der Waals surface area contributed by atoms with Crippen molar-refractivity contribution in [2.24, 2.45) is 11.7 Å². The second-order valence-electron chi connectivity index (χ2n) is 12.5. The average molecular weight is 691 g/mol. The molecule has 7 amide bonds. The summed E-state index contributed by atoms with van der Waals surface area (Å²) in [5.41, 5.74) is 8.01. The fourth-order valence-corrected chi connectivity index (χ4v) is 5.12. The number of nitrogens with one attached hydrogen (secondary N) is 3. The zero-order chi connectivity index (χ0) is 36.8. The van der Waals surface area contributed by atoms with Crippen LogP contribution < -0.4 is 21.7 Å². The molecule has 0 aliphatic carbocycles. The molecule has 5 N–H and O–H groups in total. The fourth-order valence-electron chi connectivity index (χ4n) is 5.12. The van der Waals surface area contributed by atoms with Crippen LogP contribution in [0.2, 0.25) is 0 Å². The summed E-state index contributed by atoms with van der Waals surface area (Å²) in [6.07, 6.45) is 3.87. The summed E-state index contributed by atoms with van der Waals surface area (Å²) in [7, 11) is 1.59. The van der Waals surface area contributed by atoms with Crippen LogP contribution in [-0.2, 0) is 53.1 Å². The van der Waals surface area contributed by atoms with Crippen LogP contribution in [0.3, 0.4) is 0 Å². The summed E-state index contributed by atoms with van der Waals surface area (Å²) >= 11 is 0. The van der Waals surface area contributed by atoms with Crippen molar-refractivity contribution < 1.29 is 38.3 Å². The standard InChI is InChI=1S/C36H46N6O8/c1-23(2)33(40-30(44)12-6-5-9-19-42-31(45)17-18-32(42)46)35(48)38-24(3)34(47)39-28-15-13-25(14-16-28)22-50-36(49)41(4)21-27-11-8-7-10-26(27)20-29(37)43/h7-8,10-11,13-18,23-24,33H,5-6,9,12,19-22H2,1-4H3,(H2,37,43)(H,38,48)(H,39,47)(H,40,44)/t24-,33-/m0/s1. The smallest absolute Gasteiger partial charge is 0.410 e. The van der Waals surface area contributed by atoms with Crippen LogP contribution in [0.5, 0.6) is 0 Å². The average Bonchev–Trinajstić information content (AvgIpc) is 3.39. The second-order valence-corrected chi connectivity index (χ2v) is 12.5. The van der Waals surface area contributed by atoms with Gasteiger partial charge in [-0.2, -0.15) is 0 Å². The monoisotopic (exact) mass is 690 g/mol. The largest absolute Gasteiger partial charge is 0.445 e. The molecule has 2 aromatic rings. The Hall–Kier alpha value is -5.53. The number of benzene rings is 2. The van der Waals surface area contributed by atoms with E-state index in [1.165, 1.54) is 24.0 Å². The van der Waals surface area contributed by atoms with Crippen molar-refractivity contribution in [2.45, 2.75) is 78.1 Å². The normalized spacial score (nSPS) is 13.5. The first-order valence-electron chi connectivity index (χ1n) is 16.5. The van der Waals surface area contributed by atoms with E-state index in [9.17, 15) is 33.6 Å². The molecule has 14 nitrogen and oxygen atoms in total. The third kappa shape index (κ3) is 12.2. The molecule has 0 spiro atoms. The van der Waals surface area contributed by atoms with Crippen molar-refractivity contribution in [2.75, 3.05) is 18.9 Å². The molecule has 14 heteroatoms. The number of rotatable bonds is 18. The number of carbonyl (C=O) groups excluding carboxylic acids is 7. The van der Waals surface area contributed by atoms with Gasteiger partial charge >= 0.3 is 6.09 Å². The minimum atomic E-state index is -0.907. The molecule has 50 heavy (non-hydrogen) atoms. The Kier molecular flexibility index (Phi) is 14.7. The van der Waals surface area contributed by atoms with Gasteiger partial charge in [0.15, 0.2) is 0 Å². The van der Waals surface area contributed by atoms with E-state index in [2.05, 4.69) is 16.0 Å². The lowest BCUT2D eigenvalue weighted by Crippen LogP contribution is -2.53. The van der Waals surface area contributed by atoms with Gasteiger partial charge in [0.1, 0.15) is 18.7 Å². The van der Waals surface area contributed by atoms with Gasteiger partial charge in [0, 0.05) is 44.4 Å². The van der Waals surface area contributed by atoms with Gasteiger partial charge in [-0.15, -0.1) is 0 Å². The summed E-state index contributed by atoms with van der Waals surface area (Å²) < 4.78 is 5.42. The van der Waals surface area contributed by atoms with E-state index in [4.69, 9.17) is 10.5 Å². The van der Waals surface area contributed by atoms with Crippen molar-refractivity contribution in [3.63, 3.8) is 0 Å². The second kappa shape index (κ2) is 18.9. The van der Waals surface area contributed by atoms with Crippen molar-refractivity contribution in [3.05, 3.63) is 77.4 Å². The number of anilines is 1. The lowest BCUT2D eigenvalue weighted by atomic mass is 10.0. The van der Waals surface area contributed by atoms with E-state index in [1.54, 1.807) is 57.3 Å². The maximum atomic E-state index is 13.0. The van der Waals surface area contributed by atoms with Gasteiger partial charge in [0.2, 0.25) is 23.6 Å². The van der Waals surface area contributed by atoms with Gasteiger partial charge in [-0.05, 0) is 54.5 Å². The maximum Gasteiger partial charge on any atom is 0.410 e. The molecule has 0 saturated carbocycles. The number of imide groups is 1. The van der Waals surface area contributed by atoms with Crippen LogP contribution in [0.1, 0.15) is 63.1 Å². The first-order valence-corrected chi connectivity index (χ1v) is 16.5. The van der Waals surface area contributed by atoms with E-state index < -0.39 is 35.9 Å². The lowest BCUT2D eigenvalue weighted by molar-refractivity contribution is -0.137. The Bertz CT molecular complexity index is 1570. The van der Waals surface area contributed by atoms with E-state index in [0.717, 1.165) is 16.0 Å². The van der Waals surface area contributed by atoms with Gasteiger partial charge in [-0.3, -0.25) is 33.7 Å². The molecule has 3 rings (SSSR count). The van der Waals surface area contributed by atoms with Gasteiger partial charge in [-0.25, -0.2) is 4.79 Å². The molecule has 2 aromatic carbocycles. The third-order valence-electron chi connectivity index (χ3n) is 7.99. The minimum absolute atomic E-state index is 0.00651. The van der Waals surface area contributed by atoms with Crippen molar-refractivity contribution in [1.82, 2.24) is 20.4 Å². The van der Waals surface area contributed by atoms with Crippen LogP contribution in [0, 0.1) is 5.92 Å². The van der Waals surface area contributed by atoms with Crippen LogP contribution in [0.4, 0.5) is 10.5 Å². The Morgan fingerprint density at radius 3 is 2.10 bits per heavy atom. The molecular weight excluding hydrogens is 644 g/mol. The molecule has 0 unspecified atom stereocenters. The number of carbonyl (C=O) groups is 7. The maximum absolute atomic E-state index is 13.0. The summed E-state index contributed by atoms with van der Waals surface area (Å²) in [6, 6.07) is 12.1. The number of hydrogen-bond donors (Lipinski definition) is 4. The SMILES string of the molecule is CC(C)[C@H](NC(=O)CCCCCN1C(=O)C=CC1=O)C(=O)N[C@@H](C)C(=O)Nc1ccc(COC(=O)N(C)Cc2ccccc2CC(N)=O)cc1. The fraction of sp³-hybridized carbons (Fsp3) is 0.417. The summed E-state index contributed by atoms with van der Waals surface area (Å²) in [5, 5.41) is 8.14. The van der Waals surface area contributed by atoms with E-state index >= 15 is 0 Å². The van der Waals surface area contributed by atoms with E-state index in [0.29, 0.717) is 37.1 Å². The van der Waals surface area contributed by atoms with Crippen molar-refractivity contribution in [3.8, 4) is 0 Å². The highest BCUT2D eigenvalue weighted by Gasteiger charge is 2.27. The minimum Gasteiger partial charge on any atom is -0.445 e. The van der Waals surface area contributed by atoms with E-state index in [-0.39, 0.29) is 49.6 Å². The number of primary amides is 1. The molecule has 0 bridgehead atoms. The summed E-state index contributed by atoms with van der Waals surface area (Å²) in [6.45, 7) is 5.63. The summed E-state index contributed by atoms with van der Waals surface area (Å²) in [4.78, 5) is 88.2. The molecule has 1 aliphatic rings. The highest BCUT2D eigenvalue weighted by Crippen LogP contribution is 2.15. The molecule has 1 aliphatic heterocycles. The molecule has 0 radical (unpaired) electrons. The molecular formula is C36H46N6O8. The predicted molar refractivity (Wildman–Crippen MR) is 185 cm³/mol. The van der Waals surface area contributed by atoms with Crippen LogP contribution in [-0.4, -0.2) is 77.0 Å². The zero-order valence-corrected chi connectivity index (χ0v) is 28.9. The molecule has 0 aromatic heterocycles. The number of hydrogen-bond acceptors (Lipinski definition) is 8. The topological polar surface area (TPSA) is 197 Å². The molecule has 2 atom stereocenters. The highest BCUT2D eigenvalue weighted by molar-refractivity contribution is 6.12. The molecule has 1 heterocycles. The first-order chi connectivity index (χ1) is 23.7. The van der Waals surface area contributed by atoms with Crippen molar-refractivity contribution in [1.29, 1.82) is 0 Å². The van der Waals surface area contributed by atoms with Crippen LogP contribution in [0.25, 0.3) is 0 Å². The van der Waals surface area contributed by atoms with Crippen LogP contribution in [0.15, 0.2) is 60.7 Å². The molecule has 268 valence electrons. The first kappa shape index (κ1) is 38.9. The lowest BCUT2D eigenvalue weighted by Gasteiger charge is -2.24. The van der Waals surface area contributed by atoms with Gasteiger partial charge in [-0.1, -0.05) is 56.7 Å². The number of nitrogens with zero attached hydrogens (tertiary/aromatic N) is 2. The predicted octanol–water partition coefficient (Wildman–Crippen LogP) is 2.55. The number of unbranched alkanes of at least 4 members (excludes halogenated alkanes) is 2. The Morgan fingerprint density at radius 1 is 0.840 bits per heavy atom. The number of ether oxygens (including phenoxy) is 1. The number of nitrogens with two attached hydrogens (primary N) is 1. The van der Waals surface area contributed by atoms with E-state index in [1.807, 2.05) is 12.1 Å². The highest BCUT2D eigenvalue weighted by atomic mass is 16.6. The van der Waals surface area contributed by atoms with Crippen molar-refractivity contribution >= 4 is 47.2 Å². The zero-order valence-electron chi connectivity index (χ0n) is 28.9. The quantitative estimate of drug-likeness (QED) is 0.135. The van der Waals surface area contributed by atoms with Gasteiger partial charge in [0.05, 0.1) is 6.42 Å². The summed E-state index contributed by atoms with van der Waals surface area (Å²) in [5.74, 6) is -2.64. The Morgan fingerprint density at radius 2 is 1.48 bits per heavy atom. The van der Waals surface area contributed by atoms with Gasteiger partial charge in [0.25, 0.3) is 11.8 Å². The van der Waals surface area contributed by atoms with Gasteiger partial charge < -0.3 is 31.3 Å². The molecule has 0 saturated heterocycles. The Balaban J connectivity index is 1.40. The third-order valence-corrected chi connectivity index (χ3v) is 7.99.